The maximum atomic E-state index is 12.5. The van der Waals surface area contributed by atoms with Crippen LogP contribution in [-0.2, 0) is 6.73 Å². The first-order valence-electron chi connectivity index (χ1n) is 13.9. The Bertz CT molecular complexity index is 791. The lowest BCUT2D eigenvalue weighted by Gasteiger charge is -2.10. The molecule has 2 aromatic rings. The summed E-state index contributed by atoms with van der Waals surface area (Å²) < 4.78 is 7.26. The van der Waals surface area contributed by atoms with Crippen molar-refractivity contribution >= 4 is 17.5 Å². The normalized spacial score (nSPS) is 11.0. The standard InChI is InChI=1S/C29H46ClN3O2/c1-2-3-4-5-6-7-8-9-10-11-12-13-14-15-16-17-23-31-29(34)28-22-24-32-33(28)25-35-27-20-18-26(30)19-21-27/h18-22,24H,2-17,23,25H2,1H3,(H,31,34). The smallest absolute Gasteiger partial charge is 0.269 e. The zero-order chi connectivity index (χ0) is 25.0. The summed E-state index contributed by atoms with van der Waals surface area (Å²) in [5.74, 6) is 0.576. The van der Waals surface area contributed by atoms with Crippen molar-refractivity contribution in [3.8, 4) is 5.75 Å². The molecule has 0 aliphatic heterocycles. The third-order valence-corrected chi connectivity index (χ3v) is 6.68. The van der Waals surface area contributed by atoms with E-state index in [1.807, 2.05) is 0 Å². The molecule has 0 bridgehead atoms. The molecule has 6 heteroatoms. The number of halogens is 1. The summed E-state index contributed by atoms with van der Waals surface area (Å²) in [5, 5.41) is 7.87. The second kappa shape index (κ2) is 19.2. The molecule has 0 spiro atoms. The highest BCUT2D eigenvalue weighted by Crippen LogP contribution is 2.16. The first-order chi connectivity index (χ1) is 17.2. The van der Waals surface area contributed by atoms with Crippen LogP contribution in [0.2, 0.25) is 5.02 Å². The Morgan fingerprint density at radius 2 is 1.31 bits per heavy atom. The van der Waals surface area contributed by atoms with Gasteiger partial charge in [-0.05, 0) is 36.8 Å². The van der Waals surface area contributed by atoms with Crippen LogP contribution in [0.4, 0.5) is 0 Å². The van der Waals surface area contributed by atoms with Gasteiger partial charge in [0.1, 0.15) is 11.4 Å². The SMILES string of the molecule is CCCCCCCCCCCCCCCCCCNC(=O)c1ccnn1COc1ccc(Cl)cc1. The van der Waals surface area contributed by atoms with Crippen molar-refractivity contribution in [2.75, 3.05) is 6.54 Å². The van der Waals surface area contributed by atoms with E-state index in [4.69, 9.17) is 16.3 Å². The van der Waals surface area contributed by atoms with Gasteiger partial charge < -0.3 is 10.1 Å². The number of benzene rings is 1. The molecule has 0 saturated carbocycles. The first kappa shape index (κ1) is 29.2. The van der Waals surface area contributed by atoms with E-state index >= 15 is 0 Å². The molecule has 0 radical (unpaired) electrons. The zero-order valence-corrected chi connectivity index (χ0v) is 22.5. The van der Waals surface area contributed by atoms with E-state index < -0.39 is 0 Å². The molecule has 2 rings (SSSR count). The number of nitrogens with zero attached hydrogens (tertiary/aromatic N) is 2. The van der Waals surface area contributed by atoms with Crippen molar-refractivity contribution in [3.05, 3.63) is 47.2 Å². The molecule has 1 heterocycles. The van der Waals surface area contributed by atoms with Crippen molar-refractivity contribution in [2.24, 2.45) is 0 Å². The van der Waals surface area contributed by atoms with Gasteiger partial charge in [0.05, 0.1) is 0 Å². The van der Waals surface area contributed by atoms with E-state index in [1.54, 1.807) is 41.2 Å². The van der Waals surface area contributed by atoms with Gasteiger partial charge >= 0.3 is 0 Å². The topological polar surface area (TPSA) is 56.2 Å². The van der Waals surface area contributed by atoms with Crippen LogP contribution in [0.15, 0.2) is 36.5 Å². The Labute approximate surface area is 218 Å². The van der Waals surface area contributed by atoms with Gasteiger partial charge in [-0.2, -0.15) is 5.10 Å². The van der Waals surface area contributed by atoms with Crippen LogP contribution in [0, 0.1) is 0 Å². The second-order valence-corrected chi connectivity index (χ2v) is 9.94. The Balaban J connectivity index is 1.41. The van der Waals surface area contributed by atoms with Gasteiger partial charge in [-0.15, -0.1) is 0 Å². The van der Waals surface area contributed by atoms with Gasteiger partial charge in [-0.1, -0.05) is 115 Å². The molecular weight excluding hydrogens is 458 g/mol. The second-order valence-electron chi connectivity index (χ2n) is 9.50. The molecular formula is C29H46ClN3O2. The highest BCUT2D eigenvalue weighted by Gasteiger charge is 2.11. The number of carbonyl (C=O) groups is 1. The van der Waals surface area contributed by atoms with Crippen LogP contribution in [0.3, 0.4) is 0 Å². The predicted molar refractivity (Wildman–Crippen MR) is 146 cm³/mol. The third-order valence-electron chi connectivity index (χ3n) is 6.43. The quantitative estimate of drug-likeness (QED) is 0.173. The van der Waals surface area contributed by atoms with E-state index in [0.29, 0.717) is 23.0 Å². The van der Waals surface area contributed by atoms with Crippen LogP contribution >= 0.6 is 11.6 Å². The van der Waals surface area contributed by atoms with Gasteiger partial charge in [-0.3, -0.25) is 4.79 Å². The van der Waals surface area contributed by atoms with Crippen LogP contribution in [-0.4, -0.2) is 22.2 Å². The number of rotatable bonds is 21. The molecule has 196 valence electrons. The summed E-state index contributed by atoms with van der Waals surface area (Å²) in [7, 11) is 0. The van der Waals surface area contributed by atoms with E-state index in [-0.39, 0.29) is 12.6 Å². The van der Waals surface area contributed by atoms with Gasteiger partial charge in [0, 0.05) is 17.8 Å². The Morgan fingerprint density at radius 1 is 0.800 bits per heavy atom. The van der Waals surface area contributed by atoms with E-state index in [2.05, 4.69) is 17.3 Å². The van der Waals surface area contributed by atoms with E-state index in [9.17, 15) is 4.79 Å². The monoisotopic (exact) mass is 503 g/mol. The molecule has 0 saturated heterocycles. The lowest BCUT2D eigenvalue weighted by molar-refractivity contribution is 0.0931. The van der Waals surface area contributed by atoms with E-state index in [1.165, 1.54) is 89.9 Å². The number of nitrogens with one attached hydrogen (secondary N) is 1. The lowest BCUT2D eigenvalue weighted by atomic mass is 10.0. The van der Waals surface area contributed by atoms with Crippen molar-refractivity contribution < 1.29 is 9.53 Å². The number of amides is 1. The van der Waals surface area contributed by atoms with Crippen molar-refractivity contribution in [1.29, 1.82) is 0 Å². The molecule has 1 amide bonds. The fourth-order valence-corrected chi connectivity index (χ4v) is 4.39. The van der Waals surface area contributed by atoms with Crippen molar-refractivity contribution in [3.63, 3.8) is 0 Å². The molecule has 0 fully saturated rings. The third kappa shape index (κ3) is 13.6. The minimum Gasteiger partial charge on any atom is -0.471 e. The summed E-state index contributed by atoms with van der Waals surface area (Å²) >= 11 is 5.89. The summed E-state index contributed by atoms with van der Waals surface area (Å²) in [6.45, 7) is 3.15. The Kier molecular flexibility index (Phi) is 16.0. The molecule has 1 aromatic heterocycles. The summed E-state index contributed by atoms with van der Waals surface area (Å²) in [5.41, 5.74) is 0.510. The molecule has 5 nitrogen and oxygen atoms in total. The minimum atomic E-state index is -0.108. The molecule has 1 aromatic carbocycles. The largest absolute Gasteiger partial charge is 0.471 e. The van der Waals surface area contributed by atoms with Crippen molar-refractivity contribution in [1.82, 2.24) is 15.1 Å². The maximum Gasteiger partial charge on any atom is 0.269 e. The highest BCUT2D eigenvalue weighted by atomic mass is 35.5. The van der Waals surface area contributed by atoms with Gasteiger partial charge in [0.2, 0.25) is 0 Å². The van der Waals surface area contributed by atoms with Crippen LogP contribution < -0.4 is 10.1 Å². The summed E-state index contributed by atoms with van der Waals surface area (Å²) in [4.78, 5) is 12.5. The van der Waals surface area contributed by atoms with Crippen LogP contribution in [0.25, 0.3) is 0 Å². The molecule has 35 heavy (non-hydrogen) atoms. The van der Waals surface area contributed by atoms with Gasteiger partial charge in [0.25, 0.3) is 5.91 Å². The van der Waals surface area contributed by atoms with Crippen LogP contribution in [0.5, 0.6) is 5.75 Å². The van der Waals surface area contributed by atoms with Crippen LogP contribution in [0.1, 0.15) is 120 Å². The average molecular weight is 504 g/mol. The molecule has 0 atom stereocenters. The van der Waals surface area contributed by atoms with Gasteiger partial charge in [-0.25, -0.2) is 4.68 Å². The fraction of sp³-hybridized carbons (Fsp3) is 0.655. The molecule has 1 N–H and O–H groups in total. The first-order valence-corrected chi connectivity index (χ1v) is 14.3. The number of hydrogen-bond acceptors (Lipinski definition) is 3. The van der Waals surface area contributed by atoms with Crippen molar-refractivity contribution in [2.45, 2.75) is 116 Å². The number of aromatic nitrogens is 2. The maximum absolute atomic E-state index is 12.5. The summed E-state index contributed by atoms with van der Waals surface area (Å²) in [6.07, 6.45) is 23.2. The highest BCUT2D eigenvalue weighted by molar-refractivity contribution is 6.30. The molecule has 0 unspecified atom stereocenters. The van der Waals surface area contributed by atoms with E-state index in [0.717, 1.165) is 12.8 Å². The molecule has 0 aliphatic carbocycles. The fourth-order valence-electron chi connectivity index (χ4n) is 4.26. The number of hydrogen-bond donors (Lipinski definition) is 1. The number of ether oxygens (including phenoxy) is 1. The Morgan fingerprint density at radius 3 is 1.86 bits per heavy atom. The number of carbonyl (C=O) groups excluding carboxylic acids is 1. The number of unbranched alkanes of at least 4 members (excludes halogenated alkanes) is 15. The lowest BCUT2D eigenvalue weighted by Crippen LogP contribution is -2.27. The average Bonchev–Trinajstić information content (AvgIpc) is 3.34. The Hall–Kier alpha value is -2.01. The molecule has 0 aliphatic rings. The van der Waals surface area contributed by atoms with Gasteiger partial charge in [0.15, 0.2) is 6.73 Å². The summed E-state index contributed by atoms with van der Waals surface area (Å²) in [6, 6.07) is 8.84. The zero-order valence-electron chi connectivity index (χ0n) is 21.8. The minimum absolute atomic E-state index is 0.108. The predicted octanol–water partition coefficient (Wildman–Crippen LogP) is 8.56.